The summed E-state index contributed by atoms with van der Waals surface area (Å²) in [6, 6.07) is 0. The summed E-state index contributed by atoms with van der Waals surface area (Å²) in [6.07, 6.45) is 3.49. The van der Waals surface area contributed by atoms with E-state index in [-0.39, 0.29) is 18.2 Å². The van der Waals surface area contributed by atoms with Gasteiger partial charge in [0.25, 0.3) is 0 Å². The Kier molecular flexibility index (Phi) is 4.88. The number of carbonyl (C=O) groups excluding carboxylic acids is 2. The molecule has 0 bridgehead atoms. The minimum atomic E-state index is -0.424. The quantitative estimate of drug-likeness (QED) is 0.716. The zero-order valence-electron chi connectivity index (χ0n) is 11.0. The molecule has 2 amide bonds. The van der Waals surface area contributed by atoms with E-state index in [0.29, 0.717) is 13.1 Å². The van der Waals surface area contributed by atoms with Crippen LogP contribution in [-0.2, 0) is 16.1 Å². The number of imidazole rings is 1. The molecule has 6 nitrogen and oxygen atoms in total. The summed E-state index contributed by atoms with van der Waals surface area (Å²) in [5, 5.41) is 5.46. The van der Waals surface area contributed by atoms with Crippen LogP contribution in [0.4, 0.5) is 0 Å². The van der Waals surface area contributed by atoms with Gasteiger partial charge in [0.1, 0.15) is 0 Å². The summed E-state index contributed by atoms with van der Waals surface area (Å²) in [5.41, 5.74) is 0.425. The van der Waals surface area contributed by atoms with Crippen molar-refractivity contribution >= 4 is 11.8 Å². The molecule has 3 N–H and O–H groups in total. The van der Waals surface area contributed by atoms with Crippen LogP contribution in [0.3, 0.4) is 0 Å². The SMILES string of the molecule is CC(C)(C)C(=O)NCCC(=O)NCc1cnc[nH]1. The Labute approximate surface area is 107 Å². The van der Waals surface area contributed by atoms with Crippen LogP contribution in [0.1, 0.15) is 32.9 Å². The smallest absolute Gasteiger partial charge is 0.225 e. The van der Waals surface area contributed by atoms with Gasteiger partial charge in [-0.25, -0.2) is 4.98 Å². The molecular weight excluding hydrogens is 232 g/mol. The van der Waals surface area contributed by atoms with Gasteiger partial charge in [0.05, 0.1) is 18.6 Å². The highest BCUT2D eigenvalue weighted by atomic mass is 16.2. The van der Waals surface area contributed by atoms with Crippen molar-refractivity contribution in [3.8, 4) is 0 Å². The summed E-state index contributed by atoms with van der Waals surface area (Å²) in [6.45, 7) is 6.28. The predicted molar refractivity (Wildman–Crippen MR) is 67.5 cm³/mol. The van der Waals surface area contributed by atoms with Crippen molar-refractivity contribution in [3.63, 3.8) is 0 Å². The van der Waals surface area contributed by atoms with Gasteiger partial charge < -0.3 is 15.6 Å². The summed E-state index contributed by atoms with van der Waals surface area (Å²) in [7, 11) is 0. The second-order valence-corrected chi connectivity index (χ2v) is 5.11. The molecule has 0 aromatic carbocycles. The van der Waals surface area contributed by atoms with Crippen LogP contribution in [0.2, 0.25) is 0 Å². The van der Waals surface area contributed by atoms with E-state index in [4.69, 9.17) is 0 Å². The van der Waals surface area contributed by atoms with E-state index in [1.165, 1.54) is 0 Å². The maximum absolute atomic E-state index is 11.5. The number of H-pyrrole nitrogens is 1. The fourth-order valence-electron chi connectivity index (χ4n) is 1.22. The van der Waals surface area contributed by atoms with E-state index in [1.807, 2.05) is 20.8 Å². The first-order valence-electron chi connectivity index (χ1n) is 5.92. The van der Waals surface area contributed by atoms with Gasteiger partial charge in [-0.15, -0.1) is 0 Å². The maximum Gasteiger partial charge on any atom is 0.225 e. The molecule has 6 heteroatoms. The standard InChI is InChI=1S/C12H20N4O2/c1-12(2,3)11(18)14-5-4-10(17)15-7-9-6-13-8-16-9/h6,8H,4-5,7H2,1-3H3,(H,13,16)(H,14,18)(H,15,17). The van der Waals surface area contributed by atoms with Crippen molar-refractivity contribution in [1.82, 2.24) is 20.6 Å². The summed E-state index contributed by atoms with van der Waals surface area (Å²) in [5.74, 6) is -0.150. The van der Waals surface area contributed by atoms with Crippen LogP contribution >= 0.6 is 0 Å². The van der Waals surface area contributed by atoms with Crippen LogP contribution in [0.25, 0.3) is 0 Å². The van der Waals surface area contributed by atoms with Crippen LogP contribution in [0, 0.1) is 5.41 Å². The molecule has 0 saturated carbocycles. The minimum Gasteiger partial charge on any atom is -0.355 e. The Morgan fingerprint density at radius 1 is 1.33 bits per heavy atom. The van der Waals surface area contributed by atoms with Gasteiger partial charge >= 0.3 is 0 Å². The highest BCUT2D eigenvalue weighted by Crippen LogP contribution is 2.11. The number of aromatic amines is 1. The van der Waals surface area contributed by atoms with Crippen molar-refractivity contribution in [1.29, 1.82) is 0 Å². The van der Waals surface area contributed by atoms with Gasteiger partial charge in [0, 0.05) is 24.6 Å². The van der Waals surface area contributed by atoms with Crippen molar-refractivity contribution < 1.29 is 9.59 Å². The Morgan fingerprint density at radius 2 is 2.06 bits per heavy atom. The first-order valence-corrected chi connectivity index (χ1v) is 5.92. The average Bonchev–Trinajstić information content (AvgIpc) is 2.77. The third-order valence-corrected chi connectivity index (χ3v) is 2.35. The molecule has 0 spiro atoms. The number of hydrogen-bond acceptors (Lipinski definition) is 3. The molecule has 100 valence electrons. The molecule has 0 fully saturated rings. The first kappa shape index (κ1) is 14.2. The van der Waals surface area contributed by atoms with Gasteiger partial charge in [0.15, 0.2) is 0 Å². The molecule has 0 saturated heterocycles. The van der Waals surface area contributed by atoms with Crippen molar-refractivity contribution in [2.75, 3.05) is 6.54 Å². The molecule has 0 radical (unpaired) electrons. The second-order valence-electron chi connectivity index (χ2n) is 5.11. The zero-order chi connectivity index (χ0) is 13.6. The number of carbonyl (C=O) groups is 2. The van der Waals surface area contributed by atoms with E-state index in [9.17, 15) is 9.59 Å². The fraction of sp³-hybridized carbons (Fsp3) is 0.583. The number of hydrogen-bond donors (Lipinski definition) is 3. The number of nitrogens with zero attached hydrogens (tertiary/aromatic N) is 1. The number of nitrogens with one attached hydrogen (secondary N) is 3. The van der Waals surface area contributed by atoms with Crippen LogP contribution in [0.5, 0.6) is 0 Å². The normalized spacial score (nSPS) is 11.1. The zero-order valence-corrected chi connectivity index (χ0v) is 11.0. The Hall–Kier alpha value is -1.85. The molecule has 1 rings (SSSR count). The van der Waals surface area contributed by atoms with Crippen molar-refractivity contribution in [3.05, 3.63) is 18.2 Å². The molecule has 1 aromatic rings. The van der Waals surface area contributed by atoms with E-state index in [0.717, 1.165) is 5.69 Å². The molecule has 1 aromatic heterocycles. The highest BCUT2D eigenvalue weighted by Gasteiger charge is 2.20. The highest BCUT2D eigenvalue weighted by molar-refractivity contribution is 5.82. The molecule has 0 atom stereocenters. The maximum atomic E-state index is 11.5. The Balaban J connectivity index is 2.16. The van der Waals surface area contributed by atoms with Crippen molar-refractivity contribution in [2.45, 2.75) is 33.7 Å². The monoisotopic (exact) mass is 252 g/mol. The molecule has 0 unspecified atom stereocenters. The second kappa shape index (κ2) is 6.18. The molecular formula is C12H20N4O2. The molecule has 0 aliphatic carbocycles. The lowest BCUT2D eigenvalue weighted by Crippen LogP contribution is -2.37. The van der Waals surface area contributed by atoms with E-state index < -0.39 is 5.41 Å². The van der Waals surface area contributed by atoms with Gasteiger partial charge in [-0.3, -0.25) is 9.59 Å². The van der Waals surface area contributed by atoms with Gasteiger partial charge in [-0.05, 0) is 0 Å². The topological polar surface area (TPSA) is 86.9 Å². The van der Waals surface area contributed by atoms with Crippen molar-refractivity contribution in [2.24, 2.45) is 5.41 Å². The summed E-state index contributed by atoms with van der Waals surface area (Å²) < 4.78 is 0. The third kappa shape index (κ3) is 4.99. The number of amides is 2. The van der Waals surface area contributed by atoms with E-state index >= 15 is 0 Å². The van der Waals surface area contributed by atoms with Gasteiger partial charge in [-0.1, -0.05) is 20.8 Å². The lowest BCUT2D eigenvalue weighted by Gasteiger charge is -2.17. The summed E-state index contributed by atoms with van der Waals surface area (Å²) in [4.78, 5) is 29.7. The average molecular weight is 252 g/mol. The lowest BCUT2D eigenvalue weighted by atomic mass is 9.96. The fourth-order valence-corrected chi connectivity index (χ4v) is 1.22. The van der Waals surface area contributed by atoms with Crippen LogP contribution in [-0.4, -0.2) is 28.3 Å². The summed E-state index contributed by atoms with van der Waals surface area (Å²) >= 11 is 0. The number of aromatic nitrogens is 2. The third-order valence-electron chi connectivity index (χ3n) is 2.35. The van der Waals surface area contributed by atoms with Crippen LogP contribution in [0.15, 0.2) is 12.5 Å². The van der Waals surface area contributed by atoms with E-state index in [1.54, 1.807) is 12.5 Å². The molecule has 0 aliphatic rings. The number of rotatable bonds is 5. The lowest BCUT2D eigenvalue weighted by molar-refractivity contribution is -0.128. The largest absolute Gasteiger partial charge is 0.355 e. The van der Waals surface area contributed by atoms with Crippen LogP contribution < -0.4 is 10.6 Å². The predicted octanol–water partition coefficient (Wildman–Crippen LogP) is 0.578. The van der Waals surface area contributed by atoms with Gasteiger partial charge in [-0.2, -0.15) is 0 Å². The first-order chi connectivity index (χ1) is 8.39. The Bertz CT molecular complexity index is 393. The molecule has 1 heterocycles. The van der Waals surface area contributed by atoms with E-state index in [2.05, 4.69) is 20.6 Å². The Morgan fingerprint density at radius 3 is 2.61 bits per heavy atom. The van der Waals surface area contributed by atoms with Gasteiger partial charge in [0.2, 0.25) is 11.8 Å². The molecule has 18 heavy (non-hydrogen) atoms. The minimum absolute atomic E-state index is 0.0520. The molecule has 0 aliphatic heterocycles.